The number of nitrogens with zero attached hydrogens (tertiary/aromatic N) is 1. The topological polar surface area (TPSA) is 63.9 Å². The number of unbranched alkanes of at least 4 members (excludes halogenated alkanes) is 1. The number of hydroxylamine groups is 2. The summed E-state index contributed by atoms with van der Waals surface area (Å²) < 4.78 is 0. The van der Waals surface area contributed by atoms with Gasteiger partial charge in [-0.15, -0.1) is 0 Å². The molecule has 0 spiro atoms. The molecule has 3 atom stereocenters. The van der Waals surface area contributed by atoms with Gasteiger partial charge in [0.05, 0.1) is 18.2 Å². The van der Waals surface area contributed by atoms with Crippen LogP contribution >= 0.6 is 0 Å². The lowest BCUT2D eigenvalue weighted by Gasteiger charge is -2.39. The Morgan fingerprint density at radius 1 is 1.24 bits per heavy atom. The first-order valence-electron chi connectivity index (χ1n) is 6.66. The van der Waals surface area contributed by atoms with E-state index in [9.17, 15) is 15.4 Å². The number of rotatable bonds is 6. The van der Waals surface area contributed by atoms with E-state index in [0.717, 1.165) is 32.1 Å². The third kappa shape index (κ3) is 3.19. The molecule has 1 aliphatic rings. The fourth-order valence-electron chi connectivity index (χ4n) is 2.79. The van der Waals surface area contributed by atoms with Gasteiger partial charge in [0.1, 0.15) is 0 Å². The Balaban J connectivity index is 2.58. The summed E-state index contributed by atoms with van der Waals surface area (Å²) in [6, 6.07) is 0. The van der Waals surface area contributed by atoms with Crippen molar-refractivity contribution in [2.24, 2.45) is 0 Å². The fraction of sp³-hybridized carbons (Fsp3) is 1.00. The Bertz CT molecular complexity index is 249. The van der Waals surface area contributed by atoms with Gasteiger partial charge in [0.25, 0.3) is 0 Å². The van der Waals surface area contributed by atoms with Crippen molar-refractivity contribution in [2.45, 2.75) is 76.5 Å². The van der Waals surface area contributed by atoms with Crippen LogP contribution in [0.3, 0.4) is 0 Å². The maximum absolute atomic E-state index is 10.2. The van der Waals surface area contributed by atoms with Crippen LogP contribution in [0, 0.1) is 0 Å². The first-order chi connectivity index (χ1) is 7.88. The van der Waals surface area contributed by atoms with Crippen LogP contribution in [0.2, 0.25) is 0 Å². The summed E-state index contributed by atoms with van der Waals surface area (Å²) in [5.74, 6) is 0. The van der Waals surface area contributed by atoms with E-state index < -0.39 is 11.1 Å². The van der Waals surface area contributed by atoms with E-state index in [0.29, 0.717) is 6.42 Å². The Morgan fingerprint density at radius 3 is 2.29 bits per heavy atom. The number of aliphatic hydroxyl groups is 2. The predicted molar refractivity (Wildman–Crippen MR) is 66.9 cm³/mol. The van der Waals surface area contributed by atoms with Gasteiger partial charge in [0, 0.05) is 5.54 Å². The van der Waals surface area contributed by atoms with Crippen molar-refractivity contribution in [1.82, 2.24) is 5.06 Å². The van der Waals surface area contributed by atoms with E-state index in [2.05, 4.69) is 6.92 Å². The first kappa shape index (κ1) is 14.9. The maximum atomic E-state index is 10.2. The second-order valence-electron chi connectivity index (χ2n) is 5.96. The Morgan fingerprint density at radius 2 is 1.82 bits per heavy atom. The molecule has 0 radical (unpaired) electrons. The molecule has 1 saturated heterocycles. The molecular weight excluding hydrogens is 218 g/mol. The predicted octanol–water partition coefficient (Wildman–Crippen LogP) is 1.92. The largest absolute Gasteiger partial charge is 0.394 e. The van der Waals surface area contributed by atoms with Crippen LogP contribution in [-0.2, 0) is 0 Å². The zero-order valence-electron chi connectivity index (χ0n) is 11.3. The molecule has 0 aromatic carbocycles. The average Bonchev–Trinajstić information content (AvgIpc) is 2.52. The summed E-state index contributed by atoms with van der Waals surface area (Å²) in [5, 5.41) is 30.8. The summed E-state index contributed by atoms with van der Waals surface area (Å²) >= 11 is 0. The van der Waals surface area contributed by atoms with E-state index in [-0.39, 0.29) is 12.7 Å². The molecule has 4 nitrogen and oxygen atoms in total. The standard InChI is InChI=1S/C13H27NO3/c1-4-5-6-11(16)9-12(2)7-8-13(3,10-15)14(12)17/h11,15-17H,4-10H2,1-3H3. The monoisotopic (exact) mass is 245 g/mol. The van der Waals surface area contributed by atoms with Gasteiger partial charge in [-0.25, -0.2) is 0 Å². The summed E-state index contributed by atoms with van der Waals surface area (Å²) in [7, 11) is 0. The highest BCUT2D eigenvalue weighted by Crippen LogP contribution is 2.42. The minimum absolute atomic E-state index is 0.0514. The molecule has 0 aromatic rings. The lowest BCUT2D eigenvalue weighted by Crippen LogP contribution is -2.52. The SMILES string of the molecule is CCCCC(O)CC1(C)CCC(C)(CO)N1O. The van der Waals surface area contributed by atoms with Crippen LogP contribution in [0.15, 0.2) is 0 Å². The molecule has 17 heavy (non-hydrogen) atoms. The number of hydrogen-bond acceptors (Lipinski definition) is 4. The molecule has 0 bridgehead atoms. The number of aliphatic hydroxyl groups excluding tert-OH is 2. The Kier molecular flexibility index (Phi) is 4.95. The first-order valence-corrected chi connectivity index (χ1v) is 6.66. The third-order valence-corrected chi connectivity index (χ3v) is 4.13. The third-order valence-electron chi connectivity index (χ3n) is 4.13. The lowest BCUT2D eigenvalue weighted by atomic mass is 9.90. The molecule has 0 saturated carbocycles. The van der Waals surface area contributed by atoms with E-state index in [4.69, 9.17) is 0 Å². The maximum Gasteiger partial charge on any atom is 0.0669 e. The van der Waals surface area contributed by atoms with Crippen molar-refractivity contribution < 1.29 is 15.4 Å². The molecule has 0 amide bonds. The molecule has 0 aliphatic carbocycles. The minimum atomic E-state index is -0.556. The van der Waals surface area contributed by atoms with Crippen LogP contribution in [0.5, 0.6) is 0 Å². The lowest BCUT2D eigenvalue weighted by molar-refractivity contribution is -0.217. The summed E-state index contributed by atoms with van der Waals surface area (Å²) in [4.78, 5) is 0. The molecular formula is C13H27NO3. The van der Waals surface area contributed by atoms with Gasteiger partial charge in [-0.3, -0.25) is 0 Å². The van der Waals surface area contributed by atoms with Crippen molar-refractivity contribution in [3.8, 4) is 0 Å². The van der Waals surface area contributed by atoms with Crippen LogP contribution in [-0.4, -0.2) is 44.3 Å². The second kappa shape index (κ2) is 5.65. The molecule has 102 valence electrons. The van der Waals surface area contributed by atoms with Crippen molar-refractivity contribution >= 4 is 0 Å². The highest BCUT2D eigenvalue weighted by molar-refractivity contribution is 5.01. The van der Waals surface area contributed by atoms with Gasteiger partial charge >= 0.3 is 0 Å². The van der Waals surface area contributed by atoms with Gasteiger partial charge in [0.2, 0.25) is 0 Å². The smallest absolute Gasteiger partial charge is 0.0669 e. The van der Waals surface area contributed by atoms with Crippen molar-refractivity contribution in [1.29, 1.82) is 0 Å². The Hall–Kier alpha value is -0.160. The van der Waals surface area contributed by atoms with Crippen LogP contribution in [0.4, 0.5) is 0 Å². The zero-order chi connectivity index (χ0) is 13.1. The van der Waals surface area contributed by atoms with Crippen LogP contribution in [0.1, 0.15) is 59.3 Å². The molecule has 1 aliphatic heterocycles. The highest BCUT2D eigenvalue weighted by atomic mass is 16.5. The quantitative estimate of drug-likeness (QED) is 0.669. The van der Waals surface area contributed by atoms with Gasteiger partial charge in [-0.1, -0.05) is 19.8 Å². The molecule has 3 unspecified atom stereocenters. The molecule has 1 heterocycles. The van der Waals surface area contributed by atoms with Crippen molar-refractivity contribution in [3.63, 3.8) is 0 Å². The minimum Gasteiger partial charge on any atom is -0.394 e. The summed E-state index contributed by atoms with van der Waals surface area (Å²) in [6.07, 6.45) is 4.65. The second-order valence-corrected chi connectivity index (χ2v) is 5.96. The summed E-state index contributed by atoms with van der Waals surface area (Å²) in [5.41, 5.74) is -0.968. The van der Waals surface area contributed by atoms with Gasteiger partial charge < -0.3 is 15.4 Å². The van der Waals surface area contributed by atoms with E-state index >= 15 is 0 Å². The van der Waals surface area contributed by atoms with Gasteiger partial charge in [-0.2, -0.15) is 5.06 Å². The number of hydrogen-bond donors (Lipinski definition) is 3. The van der Waals surface area contributed by atoms with E-state index in [1.165, 1.54) is 5.06 Å². The zero-order valence-corrected chi connectivity index (χ0v) is 11.3. The van der Waals surface area contributed by atoms with Gasteiger partial charge in [0.15, 0.2) is 0 Å². The van der Waals surface area contributed by atoms with E-state index in [1.54, 1.807) is 0 Å². The van der Waals surface area contributed by atoms with Gasteiger partial charge in [-0.05, 0) is 39.5 Å². The molecule has 4 heteroatoms. The van der Waals surface area contributed by atoms with E-state index in [1.807, 2.05) is 13.8 Å². The van der Waals surface area contributed by atoms with Crippen molar-refractivity contribution in [2.75, 3.05) is 6.61 Å². The molecule has 0 aromatic heterocycles. The summed E-state index contributed by atoms with van der Waals surface area (Å²) in [6.45, 7) is 5.87. The molecule has 3 N–H and O–H groups in total. The average molecular weight is 245 g/mol. The van der Waals surface area contributed by atoms with Crippen LogP contribution in [0.25, 0.3) is 0 Å². The molecule has 1 fully saturated rings. The highest BCUT2D eigenvalue weighted by Gasteiger charge is 2.49. The van der Waals surface area contributed by atoms with Crippen LogP contribution < -0.4 is 0 Å². The molecule has 1 rings (SSSR count). The van der Waals surface area contributed by atoms with Crippen molar-refractivity contribution in [3.05, 3.63) is 0 Å². The fourth-order valence-corrected chi connectivity index (χ4v) is 2.79. The Labute approximate surface area is 104 Å². The normalized spacial score (nSPS) is 36.4.